The number of benzene rings is 1. The average Bonchev–Trinajstić information content (AvgIpc) is 2.38. The van der Waals surface area contributed by atoms with Crippen molar-refractivity contribution in [2.24, 2.45) is 5.73 Å². The number of aliphatic hydroxyl groups is 1. The van der Waals surface area contributed by atoms with Gasteiger partial charge in [0.1, 0.15) is 6.10 Å². The summed E-state index contributed by atoms with van der Waals surface area (Å²) in [6, 6.07) is 8.81. The topological polar surface area (TPSA) is 84.6 Å². The Morgan fingerprint density at radius 2 is 2.12 bits per heavy atom. The SMILES string of the molecule is COC(CN)C(=O)N[C@@H](CO)c1ccccc1. The second-order valence-electron chi connectivity index (χ2n) is 3.61. The third kappa shape index (κ3) is 3.81. The summed E-state index contributed by atoms with van der Waals surface area (Å²) in [6.07, 6.45) is -0.687. The normalized spacial score (nSPS) is 14.1. The molecule has 94 valence electrons. The summed E-state index contributed by atoms with van der Waals surface area (Å²) in [7, 11) is 1.42. The molecule has 0 fully saturated rings. The second kappa shape index (κ2) is 7.01. The van der Waals surface area contributed by atoms with Crippen LogP contribution >= 0.6 is 0 Å². The van der Waals surface area contributed by atoms with Crippen molar-refractivity contribution in [1.82, 2.24) is 5.32 Å². The van der Waals surface area contributed by atoms with Crippen LogP contribution in [0, 0.1) is 0 Å². The largest absolute Gasteiger partial charge is 0.394 e. The van der Waals surface area contributed by atoms with Gasteiger partial charge in [-0.25, -0.2) is 0 Å². The van der Waals surface area contributed by atoms with Crippen molar-refractivity contribution >= 4 is 5.91 Å². The summed E-state index contributed by atoms with van der Waals surface area (Å²) in [4.78, 5) is 11.7. The number of aliphatic hydroxyl groups excluding tert-OH is 1. The van der Waals surface area contributed by atoms with Gasteiger partial charge in [0.25, 0.3) is 5.91 Å². The minimum Gasteiger partial charge on any atom is -0.394 e. The van der Waals surface area contributed by atoms with Crippen LogP contribution in [0.2, 0.25) is 0 Å². The van der Waals surface area contributed by atoms with E-state index >= 15 is 0 Å². The van der Waals surface area contributed by atoms with Crippen LogP contribution in [-0.4, -0.2) is 37.4 Å². The maximum atomic E-state index is 11.7. The molecule has 0 aliphatic heterocycles. The van der Waals surface area contributed by atoms with Gasteiger partial charge < -0.3 is 20.9 Å². The van der Waals surface area contributed by atoms with E-state index < -0.39 is 12.1 Å². The summed E-state index contributed by atoms with van der Waals surface area (Å²) in [5, 5.41) is 12.0. The molecule has 0 heterocycles. The van der Waals surface area contributed by atoms with E-state index in [9.17, 15) is 9.90 Å². The number of nitrogens with one attached hydrogen (secondary N) is 1. The number of rotatable bonds is 6. The highest BCUT2D eigenvalue weighted by atomic mass is 16.5. The number of carbonyl (C=O) groups is 1. The molecule has 0 radical (unpaired) electrons. The average molecular weight is 238 g/mol. The first-order valence-corrected chi connectivity index (χ1v) is 5.42. The van der Waals surface area contributed by atoms with Crippen LogP contribution in [0.15, 0.2) is 30.3 Å². The van der Waals surface area contributed by atoms with Crippen molar-refractivity contribution in [3.05, 3.63) is 35.9 Å². The molecule has 1 aromatic carbocycles. The Bertz CT molecular complexity index is 339. The van der Waals surface area contributed by atoms with E-state index in [2.05, 4.69) is 5.32 Å². The van der Waals surface area contributed by atoms with Crippen LogP contribution in [0.4, 0.5) is 0 Å². The molecule has 2 atom stereocenters. The molecule has 1 unspecified atom stereocenters. The Kier molecular flexibility index (Phi) is 5.62. The van der Waals surface area contributed by atoms with Crippen molar-refractivity contribution in [2.45, 2.75) is 12.1 Å². The quantitative estimate of drug-likeness (QED) is 0.641. The van der Waals surface area contributed by atoms with E-state index in [1.165, 1.54) is 7.11 Å². The molecule has 0 saturated heterocycles. The van der Waals surface area contributed by atoms with Crippen LogP contribution in [0.25, 0.3) is 0 Å². The van der Waals surface area contributed by atoms with Gasteiger partial charge in [-0.2, -0.15) is 0 Å². The van der Waals surface area contributed by atoms with Gasteiger partial charge in [0.15, 0.2) is 0 Å². The Hall–Kier alpha value is -1.43. The number of ether oxygens (including phenoxy) is 1. The van der Waals surface area contributed by atoms with E-state index in [1.54, 1.807) is 0 Å². The molecule has 1 rings (SSSR count). The monoisotopic (exact) mass is 238 g/mol. The van der Waals surface area contributed by atoms with Crippen molar-refractivity contribution in [1.29, 1.82) is 0 Å². The molecular formula is C12H18N2O3. The molecule has 0 bridgehead atoms. The third-order valence-electron chi connectivity index (χ3n) is 2.49. The molecule has 1 amide bonds. The van der Waals surface area contributed by atoms with Gasteiger partial charge in [-0.1, -0.05) is 30.3 Å². The summed E-state index contributed by atoms with van der Waals surface area (Å²) in [6.45, 7) is -0.0635. The summed E-state index contributed by atoms with van der Waals surface area (Å²) in [5.74, 6) is -0.321. The molecule has 4 N–H and O–H groups in total. The first kappa shape index (κ1) is 13.6. The van der Waals surface area contributed by atoms with Crippen LogP contribution in [-0.2, 0) is 9.53 Å². The zero-order chi connectivity index (χ0) is 12.7. The zero-order valence-corrected chi connectivity index (χ0v) is 9.80. The van der Waals surface area contributed by atoms with E-state index in [4.69, 9.17) is 10.5 Å². The van der Waals surface area contributed by atoms with Crippen LogP contribution in [0.3, 0.4) is 0 Å². The number of amides is 1. The van der Waals surface area contributed by atoms with Crippen LogP contribution in [0.5, 0.6) is 0 Å². The van der Waals surface area contributed by atoms with Gasteiger partial charge in [0.05, 0.1) is 12.6 Å². The van der Waals surface area contributed by atoms with Crippen molar-refractivity contribution in [3.8, 4) is 0 Å². The second-order valence-corrected chi connectivity index (χ2v) is 3.61. The lowest BCUT2D eigenvalue weighted by Gasteiger charge is -2.20. The molecule has 0 saturated carbocycles. The zero-order valence-electron chi connectivity index (χ0n) is 9.80. The number of hydrogen-bond donors (Lipinski definition) is 3. The lowest BCUT2D eigenvalue weighted by Crippen LogP contribution is -2.43. The van der Waals surface area contributed by atoms with E-state index in [0.717, 1.165) is 5.56 Å². The Labute approximate surface area is 101 Å². The molecule has 5 heteroatoms. The van der Waals surface area contributed by atoms with Crippen molar-refractivity contribution in [2.75, 3.05) is 20.3 Å². The predicted octanol–water partition coefficient (Wildman–Crippen LogP) is -0.190. The highest BCUT2D eigenvalue weighted by Gasteiger charge is 2.20. The highest BCUT2D eigenvalue weighted by Crippen LogP contribution is 2.11. The highest BCUT2D eigenvalue weighted by molar-refractivity contribution is 5.81. The van der Waals surface area contributed by atoms with E-state index in [0.29, 0.717) is 0 Å². The predicted molar refractivity (Wildman–Crippen MR) is 64.3 cm³/mol. The van der Waals surface area contributed by atoms with Gasteiger partial charge in [0.2, 0.25) is 0 Å². The Morgan fingerprint density at radius 3 is 2.59 bits per heavy atom. The molecule has 0 aliphatic carbocycles. The molecule has 0 aliphatic rings. The van der Waals surface area contributed by atoms with Gasteiger partial charge in [-0.15, -0.1) is 0 Å². The fraction of sp³-hybridized carbons (Fsp3) is 0.417. The molecule has 0 spiro atoms. The van der Waals surface area contributed by atoms with E-state index in [-0.39, 0.29) is 19.1 Å². The molecule has 1 aromatic rings. The van der Waals surface area contributed by atoms with Crippen LogP contribution < -0.4 is 11.1 Å². The van der Waals surface area contributed by atoms with Gasteiger partial charge in [0, 0.05) is 13.7 Å². The molecular weight excluding hydrogens is 220 g/mol. The fourth-order valence-electron chi connectivity index (χ4n) is 1.49. The standard InChI is InChI=1S/C12H18N2O3/c1-17-11(7-13)12(16)14-10(8-15)9-5-3-2-4-6-9/h2-6,10-11,15H,7-8,13H2,1H3,(H,14,16)/t10-,11?/m0/s1. The molecule has 17 heavy (non-hydrogen) atoms. The lowest BCUT2D eigenvalue weighted by atomic mass is 10.1. The lowest BCUT2D eigenvalue weighted by molar-refractivity contribution is -0.131. The Morgan fingerprint density at radius 1 is 1.47 bits per heavy atom. The molecule has 0 aromatic heterocycles. The minimum absolute atomic E-state index is 0.106. The summed E-state index contributed by atoms with van der Waals surface area (Å²) >= 11 is 0. The summed E-state index contributed by atoms with van der Waals surface area (Å²) in [5.41, 5.74) is 6.23. The van der Waals surface area contributed by atoms with Gasteiger partial charge >= 0.3 is 0 Å². The first-order valence-electron chi connectivity index (χ1n) is 5.42. The maximum Gasteiger partial charge on any atom is 0.251 e. The number of methoxy groups -OCH3 is 1. The third-order valence-corrected chi connectivity index (χ3v) is 2.49. The number of nitrogens with two attached hydrogens (primary N) is 1. The van der Waals surface area contributed by atoms with Gasteiger partial charge in [-0.05, 0) is 5.56 Å². The smallest absolute Gasteiger partial charge is 0.251 e. The maximum absolute atomic E-state index is 11.7. The van der Waals surface area contributed by atoms with Crippen LogP contribution in [0.1, 0.15) is 11.6 Å². The van der Waals surface area contributed by atoms with Crippen molar-refractivity contribution < 1.29 is 14.6 Å². The minimum atomic E-state index is -0.687. The van der Waals surface area contributed by atoms with E-state index in [1.807, 2.05) is 30.3 Å². The van der Waals surface area contributed by atoms with Gasteiger partial charge in [-0.3, -0.25) is 4.79 Å². The molecule has 5 nitrogen and oxygen atoms in total. The fourth-order valence-corrected chi connectivity index (χ4v) is 1.49. The number of carbonyl (C=O) groups excluding carboxylic acids is 1. The Balaban J connectivity index is 2.68. The summed E-state index contributed by atoms with van der Waals surface area (Å²) < 4.78 is 4.92. The van der Waals surface area contributed by atoms with Crippen molar-refractivity contribution in [3.63, 3.8) is 0 Å². The number of hydrogen-bond acceptors (Lipinski definition) is 4. The first-order chi connectivity index (χ1) is 8.22.